The largest absolute Gasteiger partial charge is 0.328 e. The summed E-state index contributed by atoms with van der Waals surface area (Å²) < 4.78 is 1.88. The molecule has 3 aromatic rings. The third kappa shape index (κ3) is 2.41. The molecule has 3 heterocycles. The Bertz CT molecular complexity index is 1010. The van der Waals surface area contributed by atoms with Crippen molar-refractivity contribution in [3.05, 3.63) is 63.5 Å². The van der Waals surface area contributed by atoms with Gasteiger partial charge in [-0.05, 0) is 31.2 Å². The fourth-order valence-electron chi connectivity index (χ4n) is 3.69. The number of fused-ring (bicyclic) bond motifs is 1. The normalized spacial score (nSPS) is 19.1. The number of carbonyl (C=O) groups excluding carboxylic acids is 1. The molecule has 2 aliphatic rings. The molecule has 0 amide bonds. The lowest BCUT2D eigenvalue weighted by Gasteiger charge is -2.31. The van der Waals surface area contributed by atoms with Crippen LogP contribution in [-0.2, 0) is 4.79 Å². The molecule has 0 saturated heterocycles. The molecule has 1 aliphatic carbocycles. The summed E-state index contributed by atoms with van der Waals surface area (Å²) in [5.41, 5.74) is 4.05. The van der Waals surface area contributed by atoms with Gasteiger partial charge < -0.3 is 5.32 Å². The van der Waals surface area contributed by atoms with Crippen LogP contribution in [0.4, 0.5) is 5.95 Å². The Labute approximate surface area is 155 Å². The Hall–Kier alpha value is -2.73. The third-order valence-electron chi connectivity index (χ3n) is 4.99. The van der Waals surface area contributed by atoms with Crippen molar-refractivity contribution in [2.24, 2.45) is 0 Å². The standard InChI is InChI=1S/C20H18N4OS/c1-12-7-9-13(10-8-12)19-22-20-21-14-4-2-5-15(25)17(14)18(24(20)23-19)16-6-3-11-26-16/h3,6-11,18H,2,4-5H2,1H3,(H,21,22,23)/t18-/m1/s1. The van der Waals surface area contributed by atoms with E-state index < -0.39 is 0 Å². The van der Waals surface area contributed by atoms with Crippen molar-refractivity contribution in [1.82, 2.24) is 14.8 Å². The minimum Gasteiger partial charge on any atom is -0.328 e. The minimum atomic E-state index is -0.180. The number of thiophene rings is 1. The first-order valence-electron chi connectivity index (χ1n) is 8.81. The van der Waals surface area contributed by atoms with Gasteiger partial charge in [-0.25, -0.2) is 4.68 Å². The number of rotatable bonds is 2. The molecular weight excluding hydrogens is 344 g/mol. The van der Waals surface area contributed by atoms with Gasteiger partial charge in [0.2, 0.25) is 5.95 Å². The predicted molar refractivity (Wildman–Crippen MR) is 102 cm³/mol. The number of hydrogen-bond acceptors (Lipinski definition) is 5. The van der Waals surface area contributed by atoms with Gasteiger partial charge in [0.1, 0.15) is 6.04 Å². The molecule has 0 saturated carbocycles. The van der Waals surface area contributed by atoms with E-state index in [2.05, 4.69) is 30.4 Å². The maximum absolute atomic E-state index is 12.7. The lowest BCUT2D eigenvalue weighted by Crippen LogP contribution is -2.31. The molecule has 0 unspecified atom stereocenters. The van der Waals surface area contributed by atoms with Crippen molar-refractivity contribution in [3.8, 4) is 11.4 Å². The number of hydrogen-bond donors (Lipinski definition) is 1. The van der Waals surface area contributed by atoms with E-state index in [0.717, 1.165) is 34.6 Å². The lowest BCUT2D eigenvalue weighted by molar-refractivity contribution is -0.116. The molecule has 6 heteroatoms. The Balaban J connectivity index is 1.66. The fourth-order valence-corrected chi connectivity index (χ4v) is 4.51. The van der Waals surface area contributed by atoms with Crippen molar-refractivity contribution in [2.45, 2.75) is 32.2 Å². The Morgan fingerprint density at radius 1 is 1.19 bits per heavy atom. The molecule has 5 rings (SSSR count). The molecule has 0 fully saturated rings. The van der Waals surface area contributed by atoms with Gasteiger partial charge in [-0.2, -0.15) is 4.98 Å². The van der Waals surface area contributed by atoms with Gasteiger partial charge in [-0.15, -0.1) is 16.4 Å². The second kappa shape index (κ2) is 5.92. The van der Waals surface area contributed by atoms with Crippen LogP contribution < -0.4 is 5.32 Å². The number of aryl methyl sites for hydroxylation is 1. The highest BCUT2D eigenvalue weighted by Gasteiger charge is 2.37. The number of allylic oxidation sites excluding steroid dienone is 2. The van der Waals surface area contributed by atoms with E-state index in [4.69, 9.17) is 10.1 Å². The van der Waals surface area contributed by atoms with E-state index >= 15 is 0 Å². The number of nitrogens with zero attached hydrogens (tertiary/aromatic N) is 3. The number of anilines is 1. The van der Waals surface area contributed by atoms with Crippen LogP contribution in [0.3, 0.4) is 0 Å². The number of nitrogens with one attached hydrogen (secondary N) is 1. The van der Waals surface area contributed by atoms with Gasteiger partial charge >= 0.3 is 0 Å². The van der Waals surface area contributed by atoms with E-state index in [9.17, 15) is 4.79 Å². The molecule has 0 bridgehead atoms. The van der Waals surface area contributed by atoms with Gasteiger partial charge in [0.15, 0.2) is 11.6 Å². The Morgan fingerprint density at radius 3 is 2.81 bits per heavy atom. The highest BCUT2D eigenvalue weighted by Crippen LogP contribution is 2.41. The molecular formula is C20H18N4OS. The van der Waals surface area contributed by atoms with Crippen LogP contribution in [0.1, 0.15) is 35.7 Å². The van der Waals surface area contributed by atoms with Crippen LogP contribution in [0.2, 0.25) is 0 Å². The SMILES string of the molecule is Cc1ccc(-c2nc3n(n2)[C@H](c2cccs2)C2=C(CCCC2=O)N3)cc1. The highest BCUT2D eigenvalue weighted by atomic mass is 32.1. The highest BCUT2D eigenvalue weighted by molar-refractivity contribution is 7.10. The monoisotopic (exact) mass is 362 g/mol. The zero-order valence-corrected chi connectivity index (χ0v) is 15.2. The first-order chi connectivity index (χ1) is 12.7. The summed E-state index contributed by atoms with van der Waals surface area (Å²) in [4.78, 5) is 18.6. The maximum atomic E-state index is 12.7. The van der Waals surface area contributed by atoms with E-state index in [1.54, 1.807) is 11.3 Å². The Kier molecular flexibility index (Phi) is 3.53. The average Bonchev–Trinajstić information content (AvgIpc) is 3.30. The van der Waals surface area contributed by atoms with Crippen molar-refractivity contribution < 1.29 is 4.79 Å². The first-order valence-corrected chi connectivity index (χ1v) is 9.69. The number of aromatic nitrogens is 3. The third-order valence-corrected chi connectivity index (χ3v) is 5.92. The minimum absolute atomic E-state index is 0.180. The Morgan fingerprint density at radius 2 is 2.04 bits per heavy atom. The van der Waals surface area contributed by atoms with Crippen molar-refractivity contribution in [2.75, 3.05) is 5.32 Å². The number of ketones is 1. The summed E-state index contributed by atoms with van der Waals surface area (Å²) in [6.07, 6.45) is 2.38. The summed E-state index contributed by atoms with van der Waals surface area (Å²) in [5, 5.41) is 10.2. The maximum Gasteiger partial charge on any atom is 0.226 e. The average molecular weight is 362 g/mol. The van der Waals surface area contributed by atoms with Gasteiger partial charge in [-0.1, -0.05) is 35.9 Å². The zero-order valence-electron chi connectivity index (χ0n) is 14.4. The van der Waals surface area contributed by atoms with E-state index in [1.807, 2.05) is 28.3 Å². The molecule has 130 valence electrons. The van der Waals surface area contributed by atoms with E-state index in [0.29, 0.717) is 18.2 Å². The van der Waals surface area contributed by atoms with Crippen LogP contribution in [0.5, 0.6) is 0 Å². The van der Waals surface area contributed by atoms with Crippen LogP contribution in [0, 0.1) is 6.92 Å². The summed E-state index contributed by atoms with van der Waals surface area (Å²) in [6, 6.07) is 12.1. The van der Waals surface area contributed by atoms with Gasteiger partial charge in [0.25, 0.3) is 0 Å². The van der Waals surface area contributed by atoms with Crippen LogP contribution in [-0.4, -0.2) is 20.5 Å². The second-order valence-electron chi connectivity index (χ2n) is 6.78. The van der Waals surface area contributed by atoms with Crippen LogP contribution in [0.15, 0.2) is 53.0 Å². The molecule has 1 aliphatic heterocycles. The molecule has 26 heavy (non-hydrogen) atoms. The van der Waals surface area contributed by atoms with Gasteiger partial charge in [0.05, 0.1) is 0 Å². The summed E-state index contributed by atoms with van der Waals surface area (Å²) in [7, 11) is 0. The van der Waals surface area contributed by atoms with E-state index in [-0.39, 0.29) is 11.8 Å². The molecule has 0 spiro atoms. The van der Waals surface area contributed by atoms with Crippen molar-refractivity contribution in [3.63, 3.8) is 0 Å². The summed E-state index contributed by atoms with van der Waals surface area (Å²) in [5.74, 6) is 1.61. The second-order valence-corrected chi connectivity index (χ2v) is 7.76. The lowest BCUT2D eigenvalue weighted by atomic mass is 9.88. The van der Waals surface area contributed by atoms with Crippen LogP contribution >= 0.6 is 11.3 Å². The predicted octanol–water partition coefficient (Wildman–Crippen LogP) is 4.34. The van der Waals surface area contributed by atoms with Crippen molar-refractivity contribution >= 4 is 23.1 Å². The smallest absolute Gasteiger partial charge is 0.226 e. The molecule has 1 atom stereocenters. The number of benzene rings is 1. The molecule has 1 aromatic carbocycles. The number of Topliss-reactive ketones (excluding diaryl/α,β-unsaturated/α-hetero) is 1. The summed E-state index contributed by atoms with van der Waals surface area (Å²) >= 11 is 1.66. The molecule has 1 N–H and O–H groups in total. The van der Waals surface area contributed by atoms with Crippen molar-refractivity contribution in [1.29, 1.82) is 0 Å². The molecule has 2 aromatic heterocycles. The fraction of sp³-hybridized carbons (Fsp3) is 0.250. The van der Waals surface area contributed by atoms with E-state index in [1.165, 1.54) is 5.56 Å². The zero-order chi connectivity index (χ0) is 17.7. The van der Waals surface area contributed by atoms with Gasteiger partial charge in [-0.3, -0.25) is 4.79 Å². The quantitative estimate of drug-likeness (QED) is 0.737. The van der Waals surface area contributed by atoms with Gasteiger partial charge in [0, 0.05) is 28.1 Å². The molecule has 5 nitrogen and oxygen atoms in total. The topological polar surface area (TPSA) is 59.8 Å². The summed E-state index contributed by atoms with van der Waals surface area (Å²) in [6.45, 7) is 2.06. The molecule has 0 radical (unpaired) electrons. The van der Waals surface area contributed by atoms with Crippen LogP contribution in [0.25, 0.3) is 11.4 Å². The first kappa shape index (κ1) is 15.5. The number of carbonyl (C=O) groups is 1.